The topological polar surface area (TPSA) is 39.2 Å². The molecule has 0 bridgehead atoms. The highest BCUT2D eigenvalue weighted by Gasteiger charge is 2.10. The third-order valence-corrected chi connectivity index (χ3v) is 3.09. The van der Waals surface area contributed by atoms with Gasteiger partial charge in [-0.25, -0.2) is 0 Å². The first-order chi connectivity index (χ1) is 8.28. The predicted molar refractivity (Wildman–Crippen MR) is 70.1 cm³/mol. The number of furan rings is 1. The zero-order chi connectivity index (χ0) is 12.1. The van der Waals surface area contributed by atoms with Crippen LogP contribution in [-0.2, 0) is 12.8 Å². The van der Waals surface area contributed by atoms with E-state index < -0.39 is 0 Å². The molecule has 3 heteroatoms. The zero-order valence-corrected chi connectivity index (χ0v) is 10.4. The van der Waals surface area contributed by atoms with Gasteiger partial charge in [-0.15, -0.1) is 0 Å². The first kappa shape index (κ1) is 12.2. The van der Waals surface area contributed by atoms with Crippen molar-refractivity contribution in [2.24, 2.45) is 11.7 Å². The van der Waals surface area contributed by atoms with E-state index in [-0.39, 0.29) is 0 Å². The Balaban J connectivity index is 2.00. The van der Waals surface area contributed by atoms with Crippen LogP contribution >= 0.6 is 11.6 Å². The number of halogens is 1. The minimum absolute atomic E-state index is 0.422. The van der Waals surface area contributed by atoms with Crippen LogP contribution in [0.4, 0.5) is 0 Å². The van der Waals surface area contributed by atoms with Crippen LogP contribution in [0.25, 0.3) is 0 Å². The van der Waals surface area contributed by atoms with E-state index in [9.17, 15) is 0 Å². The van der Waals surface area contributed by atoms with Crippen molar-refractivity contribution < 1.29 is 4.42 Å². The summed E-state index contributed by atoms with van der Waals surface area (Å²) in [6.45, 7) is 0.664. The van der Waals surface area contributed by atoms with E-state index in [0.717, 1.165) is 17.9 Å². The standard InChI is InChI=1S/C14H16ClNO/c15-14-3-1-2-11(8-14)6-13(9-16)7-12-4-5-17-10-12/h1-5,8,10,13H,6-7,9,16H2. The first-order valence-electron chi connectivity index (χ1n) is 5.73. The second kappa shape index (κ2) is 5.89. The highest BCUT2D eigenvalue weighted by Crippen LogP contribution is 2.17. The molecule has 1 aromatic heterocycles. The van der Waals surface area contributed by atoms with Crippen LogP contribution < -0.4 is 5.73 Å². The average Bonchev–Trinajstić information content (AvgIpc) is 2.81. The van der Waals surface area contributed by atoms with Gasteiger partial charge in [-0.2, -0.15) is 0 Å². The lowest BCUT2D eigenvalue weighted by Gasteiger charge is -2.13. The zero-order valence-electron chi connectivity index (χ0n) is 9.60. The molecule has 2 aromatic rings. The number of benzene rings is 1. The molecule has 2 N–H and O–H groups in total. The lowest BCUT2D eigenvalue weighted by atomic mass is 9.94. The number of hydrogen-bond donors (Lipinski definition) is 1. The van der Waals surface area contributed by atoms with Crippen LogP contribution in [-0.4, -0.2) is 6.54 Å². The molecule has 0 saturated heterocycles. The van der Waals surface area contributed by atoms with E-state index in [1.165, 1.54) is 11.1 Å². The fourth-order valence-corrected chi connectivity index (χ4v) is 2.19. The highest BCUT2D eigenvalue weighted by molar-refractivity contribution is 6.30. The van der Waals surface area contributed by atoms with Crippen molar-refractivity contribution in [2.75, 3.05) is 6.54 Å². The van der Waals surface area contributed by atoms with E-state index in [1.54, 1.807) is 12.5 Å². The molecule has 17 heavy (non-hydrogen) atoms. The molecule has 0 aliphatic rings. The van der Waals surface area contributed by atoms with Gasteiger partial charge in [0.25, 0.3) is 0 Å². The molecule has 0 radical (unpaired) electrons. The Bertz CT molecular complexity index is 453. The smallest absolute Gasteiger partial charge is 0.0934 e. The lowest BCUT2D eigenvalue weighted by molar-refractivity contribution is 0.521. The van der Waals surface area contributed by atoms with Gasteiger partial charge in [0.05, 0.1) is 12.5 Å². The van der Waals surface area contributed by atoms with E-state index in [0.29, 0.717) is 12.5 Å². The fraction of sp³-hybridized carbons (Fsp3) is 0.286. The Labute approximate surface area is 106 Å². The van der Waals surface area contributed by atoms with E-state index in [4.69, 9.17) is 21.8 Å². The molecule has 0 fully saturated rings. The Morgan fingerprint density at radius 3 is 2.65 bits per heavy atom. The molecule has 1 heterocycles. The molecule has 1 atom stereocenters. The molecular formula is C14H16ClNO. The molecule has 0 saturated carbocycles. The molecule has 2 nitrogen and oxygen atoms in total. The molecular weight excluding hydrogens is 234 g/mol. The monoisotopic (exact) mass is 249 g/mol. The summed E-state index contributed by atoms with van der Waals surface area (Å²) in [5.41, 5.74) is 8.24. The van der Waals surface area contributed by atoms with Crippen molar-refractivity contribution in [3.63, 3.8) is 0 Å². The average molecular weight is 250 g/mol. The Kier molecular flexibility index (Phi) is 4.24. The van der Waals surface area contributed by atoms with Crippen molar-refractivity contribution in [2.45, 2.75) is 12.8 Å². The maximum Gasteiger partial charge on any atom is 0.0934 e. The van der Waals surface area contributed by atoms with Crippen LogP contribution in [0.5, 0.6) is 0 Å². The van der Waals surface area contributed by atoms with Gasteiger partial charge in [0.2, 0.25) is 0 Å². The van der Waals surface area contributed by atoms with Gasteiger partial charge >= 0.3 is 0 Å². The maximum atomic E-state index is 5.97. The van der Waals surface area contributed by atoms with Crippen molar-refractivity contribution in [1.82, 2.24) is 0 Å². The van der Waals surface area contributed by atoms with Crippen molar-refractivity contribution in [3.8, 4) is 0 Å². The summed E-state index contributed by atoms with van der Waals surface area (Å²) >= 11 is 5.97. The van der Waals surface area contributed by atoms with E-state index >= 15 is 0 Å². The quantitative estimate of drug-likeness (QED) is 0.883. The minimum atomic E-state index is 0.422. The number of rotatable bonds is 5. The van der Waals surface area contributed by atoms with Crippen LogP contribution in [0.15, 0.2) is 47.3 Å². The number of hydrogen-bond acceptors (Lipinski definition) is 2. The largest absolute Gasteiger partial charge is 0.472 e. The van der Waals surface area contributed by atoms with Gasteiger partial charge in [0.1, 0.15) is 0 Å². The van der Waals surface area contributed by atoms with Gasteiger partial charge in [0, 0.05) is 5.02 Å². The molecule has 0 amide bonds. The van der Waals surface area contributed by atoms with Gasteiger partial charge in [0.15, 0.2) is 0 Å². The predicted octanol–water partition coefficient (Wildman–Crippen LogP) is 3.29. The van der Waals surface area contributed by atoms with Crippen molar-refractivity contribution >= 4 is 11.6 Å². The molecule has 2 rings (SSSR count). The van der Waals surface area contributed by atoms with E-state index in [1.807, 2.05) is 24.3 Å². The molecule has 90 valence electrons. The third kappa shape index (κ3) is 3.62. The summed E-state index contributed by atoms with van der Waals surface area (Å²) in [7, 11) is 0. The molecule has 0 spiro atoms. The second-order valence-electron chi connectivity index (χ2n) is 4.27. The van der Waals surface area contributed by atoms with Crippen molar-refractivity contribution in [1.29, 1.82) is 0 Å². The molecule has 1 unspecified atom stereocenters. The summed E-state index contributed by atoms with van der Waals surface area (Å²) in [6, 6.07) is 9.94. The Morgan fingerprint density at radius 1 is 1.18 bits per heavy atom. The summed E-state index contributed by atoms with van der Waals surface area (Å²) in [5.74, 6) is 0.422. The molecule has 0 aliphatic heterocycles. The van der Waals surface area contributed by atoms with Crippen LogP contribution in [0.2, 0.25) is 5.02 Å². The minimum Gasteiger partial charge on any atom is -0.472 e. The fourth-order valence-electron chi connectivity index (χ4n) is 1.98. The maximum absolute atomic E-state index is 5.97. The van der Waals surface area contributed by atoms with Crippen LogP contribution in [0, 0.1) is 5.92 Å². The molecule has 0 aliphatic carbocycles. The van der Waals surface area contributed by atoms with Crippen molar-refractivity contribution in [3.05, 3.63) is 59.0 Å². The highest BCUT2D eigenvalue weighted by atomic mass is 35.5. The summed E-state index contributed by atoms with van der Waals surface area (Å²) in [5, 5.41) is 0.779. The molecule has 1 aromatic carbocycles. The van der Waals surface area contributed by atoms with Gasteiger partial charge in [-0.3, -0.25) is 0 Å². The summed E-state index contributed by atoms with van der Waals surface area (Å²) < 4.78 is 5.07. The SMILES string of the molecule is NCC(Cc1ccoc1)Cc1cccc(Cl)c1. The third-order valence-electron chi connectivity index (χ3n) is 2.85. The summed E-state index contributed by atoms with van der Waals surface area (Å²) in [6.07, 6.45) is 5.37. The normalized spacial score (nSPS) is 12.6. The van der Waals surface area contributed by atoms with Gasteiger partial charge in [-0.1, -0.05) is 23.7 Å². The second-order valence-corrected chi connectivity index (χ2v) is 4.71. The lowest BCUT2D eigenvalue weighted by Crippen LogP contribution is -2.19. The van der Waals surface area contributed by atoms with Crippen LogP contribution in [0.1, 0.15) is 11.1 Å². The van der Waals surface area contributed by atoms with Gasteiger partial charge in [-0.05, 0) is 54.6 Å². The Hall–Kier alpha value is -1.25. The van der Waals surface area contributed by atoms with Crippen LogP contribution in [0.3, 0.4) is 0 Å². The van der Waals surface area contributed by atoms with E-state index in [2.05, 4.69) is 6.07 Å². The number of nitrogens with two attached hydrogens (primary N) is 1. The Morgan fingerprint density at radius 2 is 2.00 bits per heavy atom. The van der Waals surface area contributed by atoms with Gasteiger partial charge < -0.3 is 10.2 Å². The first-order valence-corrected chi connectivity index (χ1v) is 6.11. The summed E-state index contributed by atoms with van der Waals surface area (Å²) in [4.78, 5) is 0.